The van der Waals surface area contributed by atoms with Gasteiger partial charge in [0.2, 0.25) is 0 Å². The number of esters is 1. The normalized spacial score (nSPS) is 14.6. The third-order valence-electron chi connectivity index (χ3n) is 4.84. The maximum Gasteiger partial charge on any atom is 0.343 e. The van der Waals surface area contributed by atoms with E-state index in [1.54, 1.807) is 55.7 Å². The lowest BCUT2D eigenvalue weighted by molar-refractivity contribution is -0.123. The molecule has 1 aliphatic rings. The Morgan fingerprint density at radius 3 is 2.45 bits per heavy atom. The fourth-order valence-corrected chi connectivity index (χ4v) is 4.36. The molecule has 1 saturated heterocycles. The lowest BCUT2D eigenvalue weighted by Gasteiger charge is -2.12. The quantitative estimate of drug-likeness (QED) is 0.227. The van der Waals surface area contributed by atoms with Gasteiger partial charge in [0.1, 0.15) is 11.5 Å². The van der Waals surface area contributed by atoms with Crippen LogP contribution in [-0.4, -0.2) is 29.1 Å². The third-order valence-corrected chi connectivity index (χ3v) is 6.24. The Kier molecular flexibility index (Phi) is 6.96. The first kappa shape index (κ1) is 22.8. The van der Waals surface area contributed by atoms with Gasteiger partial charge in [-0.1, -0.05) is 46.3 Å². The van der Waals surface area contributed by atoms with E-state index in [-0.39, 0.29) is 28.3 Å². The zero-order valence-electron chi connectivity index (χ0n) is 17.5. The molecule has 33 heavy (non-hydrogen) atoms. The third kappa shape index (κ3) is 5.35. The minimum absolute atomic E-state index is 0.195. The highest BCUT2D eigenvalue weighted by Crippen LogP contribution is 2.36. The van der Waals surface area contributed by atoms with Crippen molar-refractivity contribution in [1.82, 2.24) is 4.90 Å². The van der Waals surface area contributed by atoms with Gasteiger partial charge in [0.25, 0.3) is 11.1 Å². The van der Waals surface area contributed by atoms with Crippen molar-refractivity contribution >= 4 is 50.9 Å². The summed E-state index contributed by atoms with van der Waals surface area (Å²) in [5.41, 5.74) is 1.71. The number of ether oxygens (including phenoxy) is 2. The molecule has 0 spiro atoms. The zero-order chi connectivity index (χ0) is 23.4. The van der Waals surface area contributed by atoms with Crippen LogP contribution in [0.5, 0.6) is 11.5 Å². The van der Waals surface area contributed by atoms with Crippen molar-refractivity contribution in [2.24, 2.45) is 0 Å². The molecule has 4 rings (SSSR count). The lowest BCUT2D eigenvalue weighted by atomic mass is 10.1. The molecule has 1 fully saturated rings. The Morgan fingerprint density at radius 1 is 1.03 bits per heavy atom. The molecule has 3 aromatic carbocycles. The fourth-order valence-electron chi connectivity index (χ4n) is 3.15. The number of hydrogen-bond acceptors (Lipinski definition) is 6. The standard InChI is InChI=1S/C25H18BrNO5S/c1-31-20-10-7-17(8-11-20)24(29)32-21-12-9-19(26)13-18(21)14-22-23(28)27(25(30)33-22)15-16-5-3-2-4-6-16/h2-14H,15H2,1H3/b22-14-. The van der Waals surface area contributed by atoms with Crippen molar-refractivity contribution < 1.29 is 23.9 Å². The molecular formula is C25H18BrNO5S. The lowest BCUT2D eigenvalue weighted by Crippen LogP contribution is -2.27. The Morgan fingerprint density at radius 2 is 1.76 bits per heavy atom. The van der Waals surface area contributed by atoms with Gasteiger partial charge in [-0.2, -0.15) is 0 Å². The van der Waals surface area contributed by atoms with Crippen LogP contribution in [0.25, 0.3) is 6.08 Å². The number of halogens is 1. The Labute approximate surface area is 203 Å². The number of nitrogens with zero attached hydrogens (tertiary/aromatic N) is 1. The average molecular weight is 524 g/mol. The first-order chi connectivity index (χ1) is 15.9. The number of carbonyl (C=O) groups is 3. The average Bonchev–Trinajstić information content (AvgIpc) is 3.08. The molecule has 0 unspecified atom stereocenters. The van der Waals surface area contributed by atoms with Gasteiger partial charge in [0.05, 0.1) is 24.1 Å². The van der Waals surface area contributed by atoms with E-state index in [1.165, 1.54) is 4.90 Å². The summed E-state index contributed by atoms with van der Waals surface area (Å²) in [7, 11) is 1.54. The fraction of sp³-hybridized carbons (Fsp3) is 0.0800. The summed E-state index contributed by atoms with van der Waals surface area (Å²) in [6.07, 6.45) is 1.57. The van der Waals surface area contributed by atoms with E-state index in [9.17, 15) is 14.4 Å². The number of rotatable bonds is 6. The summed E-state index contributed by atoms with van der Waals surface area (Å²) in [6, 6.07) is 20.9. The van der Waals surface area contributed by atoms with Crippen LogP contribution in [0.2, 0.25) is 0 Å². The summed E-state index contributed by atoms with van der Waals surface area (Å²) in [4.78, 5) is 39.5. The molecule has 0 aliphatic carbocycles. The van der Waals surface area contributed by atoms with E-state index in [0.717, 1.165) is 21.8 Å². The molecule has 2 amide bonds. The molecule has 1 aliphatic heterocycles. The van der Waals surface area contributed by atoms with Crippen molar-refractivity contribution in [2.45, 2.75) is 6.54 Å². The van der Waals surface area contributed by atoms with E-state index in [2.05, 4.69) is 15.9 Å². The molecule has 166 valence electrons. The minimum atomic E-state index is -0.549. The van der Waals surface area contributed by atoms with Crippen molar-refractivity contribution in [3.05, 3.63) is 98.9 Å². The first-order valence-corrected chi connectivity index (χ1v) is 11.5. The largest absolute Gasteiger partial charge is 0.497 e. The molecular weight excluding hydrogens is 506 g/mol. The van der Waals surface area contributed by atoms with Crippen LogP contribution in [0.1, 0.15) is 21.5 Å². The number of carbonyl (C=O) groups excluding carboxylic acids is 3. The molecule has 1 heterocycles. The number of benzene rings is 3. The predicted molar refractivity (Wildman–Crippen MR) is 130 cm³/mol. The van der Waals surface area contributed by atoms with Crippen molar-refractivity contribution in [1.29, 1.82) is 0 Å². The van der Waals surface area contributed by atoms with Gasteiger partial charge in [-0.3, -0.25) is 14.5 Å². The van der Waals surface area contributed by atoms with Gasteiger partial charge < -0.3 is 9.47 Å². The summed E-state index contributed by atoms with van der Waals surface area (Å²) in [5, 5.41) is -0.345. The monoisotopic (exact) mass is 523 g/mol. The van der Waals surface area contributed by atoms with E-state index in [4.69, 9.17) is 9.47 Å². The van der Waals surface area contributed by atoms with E-state index < -0.39 is 5.97 Å². The highest BCUT2D eigenvalue weighted by atomic mass is 79.9. The number of methoxy groups -OCH3 is 1. The second-order valence-corrected chi connectivity index (χ2v) is 8.96. The molecule has 0 bridgehead atoms. The van der Waals surface area contributed by atoms with Crippen LogP contribution in [0.15, 0.2) is 82.2 Å². The van der Waals surface area contributed by atoms with Crippen LogP contribution < -0.4 is 9.47 Å². The molecule has 6 nitrogen and oxygen atoms in total. The van der Waals surface area contributed by atoms with Crippen LogP contribution >= 0.6 is 27.7 Å². The molecule has 0 aromatic heterocycles. The second-order valence-electron chi connectivity index (χ2n) is 7.05. The molecule has 8 heteroatoms. The van der Waals surface area contributed by atoms with Crippen molar-refractivity contribution in [3.63, 3.8) is 0 Å². The van der Waals surface area contributed by atoms with Crippen LogP contribution in [-0.2, 0) is 11.3 Å². The Balaban J connectivity index is 1.57. The second kappa shape index (κ2) is 10.1. The SMILES string of the molecule is COc1ccc(C(=O)Oc2ccc(Br)cc2/C=C2\SC(=O)N(Cc3ccccc3)C2=O)cc1. The molecule has 0 radical (unpaired) electrons. The number of hydrogen-bond donors (Lipinski definition) is 0. The smallest absolute Gasteiger partial charge is 0.343 e. The zero-order valence-corrected chi connectivity index (χ0v) is 19.9. The summed E-state index contributed by atoms with van der Waals surface area (Å²) >= 11 is 4.26. The Bertz CT molecular complexity index is 1240. The summed E-state index contributed by atoms with van der Waals surface area (Å²) in [6.45, 7) is 0.195. The van der Waals surface area contributed by atoms with E-state index >= 15 is 0 Å². The van der Waals surface area contributed by atoms with Crippen LogP contribution in [0.4, 0.5) is 4.79 Å². The topological polar surface area (TPSA) is 72.9 Å². The molecule has 0 atom stereocenters. The summed E-state index contributed by atoms with van der Waals surface area (Å²) in [5.74, 6) is -0.0379. The first-order valence-electron chi connectivity index (χ1n) is 9.89. The maximum atomic E-state index is 12.9. The predicted octanol–water partition coefficient (Wildman–Crippen LogP) is 5.91. The molecule has 0 N–H and O–H groups in total. The molecule has 0 saturated carbocycles. The maximum absolute atomic E-state index is 12.9. The Hall–Kier alpha value is -3.36. The van der Waals surface area contributed by atoms with Gasteiger partial charge in [-0.15, -0.1) is 0 Å². The van der Waals surface area contributed by atoms with E-state index in [0.29, 0.717) is 16.9 Å². The van der Waals surface area contributed by atoms with Crippen molar-refractivity contribution in [3.8, 4) is 11.5 Å². The highest BCUT2D eigenvalue weighted by Gasteiger charge is 2.35. The molecule has 3 aromatic rings. The van der Waals surface area contributed by atoms with Gasteiger partial charge in [-0.05, 0) is 65.9 Å². The van der Waals surface area contributed by atoms with Gasteiger partial charge in [0, 0.05) is 10.0 Å². The van der Waals surface area contributed by atoms with Crippen molar-refractivity contribution in [2.75, 3.05) is 7.11 Å². The van der Waals surface area contributed by atoms with Gasteiger partial charge in [-0.25, -0.2) is 4.79 Å². The summed E-state index contributed by atoms with van der Waals surface area (Å²) < 4.78 is 11.4. The van der Waals surface area contributed by atoms with E-state index in [1.807, 2.05) is 30.3 Å². The van der Waals surface area contributed by atoms with Crippen LogP contribution in [0, 0.1) is 0 Å². The number of thioether (sulfide) groups is 1. The van der Waals surface area contributed by atoms with Gasteiger partial charge >= 0.3 is 5.97 Å². The minimum Gasteiger partial charge on any atom is -0.497 e. The number of imide groups is 1. The number of amides is 2. The van der Waals surface area contributed by atoms with Crippen LogP contribution in [0.3, 0.4) is 0 Å². The van der Waals surface area contributed by atoms with Gasteiger partial charge in [0.15, 0.2) is 0 Å². The highest BCUT2D eigenvalue weighted by molar-refractivity contribution is 9.10.